The number of hydrogen-bond donors (Lipinski definition) is 0. The molecule has 0 rings (SSSR count). The molecule has 35 heavy (non-hydrogen) atoms. The lowest BCUT2D eigenvalue weighted by molar-refractivity contribution is -0.176. The van der Waals surface area contributed by atoms with Crippen molar-refractivity contribution >= 4 is 0 Å². The molecular formula is C33H68O2. The molecule has 0 aliphatic heterocycles. The maximum absolute atomic E-state index is 6.34. The SMILES string of the molecule is CCCCCCCCCC(CCCCCCCCCCC(C)(C)C)C(OCCCC)OCCCC. The van der Waals surface area contributed by atoms with Gasteiger partial charge in [-0.1, -0.05) is 151 Å². The van der Waals surface area contributed by atoms with Crippen molar-refractivity contribution in [1.82, 2.24) is 0 Å². The van der Waals surface area contributed by atoms with E-state index in [1.807, 2.05) is 0 Å². The van der Waals surface area contributed by atoms with Gasteiger partial charge in [0.25, 0.3) is 0 Å². The molecular weight excluding hydrogens is 428 g/mol. The van der Waals surface area contributed by atoms with Crippen LogP contribution in [0.2, 0.25) is 0 Å². The molecule has 0 heterocycles. The van der Waals surface area contributed by atoms with Gasteiger partial charge in [-0.05, 0) is 37.5 Å². The molecule has 0 radical (unpaired) electrons. The molecule has 0 aromatic heterocycles. The van der Waals surface area contributed by atoms with Crippen LogP contribution >= 0.6 is 0 Å². The highest BCUT2D eigenvalue weighted by molar-refractivity contribution is 4.66. The van der Waals surface area contributed by atoms with Gasteiger partial charge in [-0.25, -0.2) is 0 Å². The maximum atomic E-state index is 6.34. The molecule has 0 aromatic rings. The molecule has 0 bridgehead atoms. The minimum Gasteiger partial charge on any atom is -0.352 e. The molecule has 0 amide bonds. The summed E-state index contributed by atoms with van der Waals surface area (Å²) in [6, 6.07) is 0. The minimum absolute atomic E-state index is 0.0241. The molecule has 0 spiro atoms. The van der Waals surface area contributed by atoms with Gasteiger partial charge in [-0.2, -0.15) is 0 Å². The molecule has 0 aromatic carbocycles. The van der Waals surface area contributed by atoms with Gasteiger partial charge in [0.15, 0.2) is 6.29 Å². The van der Waals surface area contributed by atoms with Gasteiger partial charge in [0.05, 0.1) is 0 Å². The first-order valence-corrected chi connectivity index (χ1v) is 16.2. The summed E-state index contributed by atoms with van der Waals surface area (Å²) in [5.74, 6) is 0.580. The van der Waals surface area contributed by atoms with E-state index in [1.54, 1.807) is 0 Å². The Bertz CT molecular complexity index is 390. The second-order valence-electron chi connectivity index (χ2n) is 12.4. The first-order valence-electron chi connectivity index (χ1n) is 16.2. The molecule has 1 atom stereocenters. The minimum atomic E-state index is 0.0241. The summed E-state index contributed by atoms with van der Waals surface area (Å²) in [5, 5.41) is 0. The van der Waals surface area contributed by atoms with Crippen molar-refractivity contribution in [3.63, 3.8) is 0 Å². The Labute approximate surface area is 223 Å². The lowest BCUT2D eigenvalue weighted by atomic mass is 9.89. The van der Waals surface area contributed by atoms with Gasteiger partial charge in [-0.15, -0.1) is 0 Å². The quantitative estimate of drug-likeness (QED) is 0.0831. The lowest BCUT2D eigenvalue weighted by Gasteiger charge is -2.28. The first-order chi connectivity index (χ1) is 16.9. The van der Waals surface area contributed by atoms with E-state index in [9.17, 15) is 0 Å². The number of unbranched alkanes of at least 4 members (excludes halogenated alkanes) is 15. The topological polar surface area (TPSA) is 18.5 Å². The zero-order valence-corrected chi connectivity index (χ0v) is 25.4. The number of rotatable bonds is 27. The normalized spacial score (nSPS) is 13.1. The monoisotopic (exact) mass is 497 g/mol. The van der Waals surface area contributed by atoms with Crippen LogP contribution in [0.5, 0.6) is 0 Å². The highest BCUT2D eigenvalue weighted by Gasteiger charge is 2.22. The second kappa shape index (κ2) is 25.6. The summed E-state index contributed by atoms with van der Waals surface area (Å²) in [6.07, 6.45) is 29.6. The van der Waals surface area contributed by atoms with Crippen molar-refractivity contribution in [2.75, 3.05) is 13.2 Å². The Balaban J connectivity index is 4.34. The average Bonchev–Trinajstić information content (AvgIpc) is 2.82. The molecule has 0 aliphatic carbocycles. The van der Waals surface area contributed by atoms with Crippen LogP contribution in [0.15, 0.2) is 0 Å². The molecule has 0 fully saturated rings. The second-order valence-corrected chi connectivity index (χ2v) is 12.4. The van der Waals surface area contributed by atoms with E-state index < -0.39 is 0 Å². The first kappa shape index (κ1) is 34.9. The Hall–Kier alpha value is -0.0800. The average molecular weight is 497 g/mol. The molecule has 212 valence electrons. The zero-order chi connectivity index (χ0) is 26.0. The van der Waals surface area contributed by atoms with Crippen molar-refractivity contribution in [2.24, 2.45) is 11.3 Å². The van der Waals surface area contributed by atoms with Crippen LogP contribution < -0.4 is 0 Å². The molecule has 1 unspecified atom stereocenters. The fourth-order valence-corrected chi connectivity index (χ4v) is 4.91. The fourth-order valence-electron chi connectivity index (χ4n) is 4.91. The molecule has 0 N–H and O–H groups in total. The van der Waals surface area contributed by atoms with Crippen LogP contribution in [0.1, 0.15) is 183 Å². The van der Waals surface area contributed by atoms with Crippen LogP contribution in [0, 0.1) is 11.3 Å². The van der Waals surface area contributed by atoms with Crippen LogP contribution in [-0.4, -0.2) is 19.5 Å². The Morgan fingerprint density at radius 3 is 1.23 bits per heavy atom. The smallest absolute Gasteiger partial charge is 0.160 e. The van der Waals surface area contributed by atoms with Crippen LogP contribution in [0.25, 0.3) is 0 Å². The van der Waals surface area contributed by atoms with E-state index >= 15 is 0 Å². The Kier molecular flexibility index (Phi) is 25.5. The third kappa shape index (κ3) is 25.4. The molecule has 2 heteroatoms. The van der Waals surface area contributed by atoms with E-state index in [0.29, 0.717) is 11.3 Å². The summed E-state index contributed by atoms with van der Waals surface area (Å²) in [6.45, 7) is 15.6. The molecule has 0 saturated heterocycles. The van der Waals surface area contributed by atoms with E-state index in [2.05, 4.69) is 41.5 Å². The predicted molar refractivity (Wildman–Crippen MR) is 157 cm³/mol. The van der Waals surface area contributed by atoms with Gasteiger partial charge in [-0.3, -0.25) is 0 Å². The highest BCUT2D eigenvalue weighted by atomic mass is 16.7. The van der Waals surface area contributed by atoms with Crippen molar-refractivity contribution in [1.29, 1.82) is 0 Å². The van der Waals surface area contributed by atoms with Gasteiger partial charge in [0, 0.05) is 19.1 Å². The largest absolute Gasteiger partial charge is 0.352 e. The maximum Gasteiger partial charge on any atom is 0.160 e. The number of ether oxygens (including phenoxy) is 2. The third-order valence-corrected chi connectivity index (χ3v) is 7.38. The van der Waals surface area contributed by atoms with Crippen molar-refractivity contribution < 1.29 is 9.47 Å². The predicted octanol–water partition coefficient (Wildman–Crippen LogP) is 11.6. The molecule has 0 aliphatic rings. The van der Waals surface area contributed by atoms with Crippen molar-refractivity contribution in [3.8, 4) is 0 Å². The van der Waals surface area contributed by atoms with Crippen molar-refractivity contribution in [3.05, 3.63) is 0 Å². The van der Waals surface area contributed by atoms with E-state index in [0.717, 1.165) is 26.1 Å². The van der Waals surface area contributed by atoms with Crippen LogP contribution in [0.3, 0.4) is 0 Å². The van der Waals surface area contributed by atoms with Gasteiger partial charge < -0.3 is 9.47 Å². The fraction of sp³-hybridized carbons (Fsp3) is 1.00. The van der Waals surface area contributed by atoms with E-state index in [1.165, 1.54) is 128 Å². The van der Waals surface area contributed by atoms with E-state index in [4.69, 9.17) is 9.47 Å². The zero-order valence-electron chi connectivity index (χ0n) is 25.4. The highest BCUT2D eigenvalue weighted by Crippen LogP contribution is 2.26. The summed E-state index contributed by atoms with van der Waals surface area (Å²) in [4.78, 5) is 0. The van der Waals surface area contributed by atoms with Crippen LogP contribution in [0.4, 0.5) is 0 Å². The summed E-state index contributed by atoms with van der Waals surface area (Å²) >= 11 is 0. The lowest BCUT2D eigenvalue weighted by Crippen LogP contribution is -2.28. The van der Waals surface area contributed by atoms with Gasteiger partial charge >= 0.3 is 0 Å². The summed E-state index contributed by atoms with van der Waals surface area (Å²) in [5.41, 5.74) is 0.504. The Morgan fingerprint density at radius 1 is 0.457 bits per heavy atom. The summed E-state index contributed by atoms with van der Waals surface area (Å²) in [7, 11) is 0. The van der Waals surface area contributed by atoms with Gasteiger partial charge in [0.1, 0.15) is 0 Å². The number of hydrogen-bond acceptors (Lipinski definition) is 2. The third-order valence-electron chi connectivity index (χ3n) is 7.38. The summed E-state index contributed by atoms with van der Waals surface area (Å²) < 4.78 is 12.7. The van der Waals surface area contributed by atoms with Crippen LogP contribution in [-0.2, 0) is 9.47 Å². The standard InChI is InChI=1S/C33H68O2/c1-7-10-13-14-17-20-23-26-31(32(34-29-11-8-2)35-30-12-9-3)27-24-21-18-15-16-19-22-25-28-33(4,5)6/h31-32H,7-30H2,1-6H3. The molecule has 0 saturated carbocycles. The molecule has 2 nitrogen and oxygen atoms in total. The van der Waals surface area contributed by atoms with Crippen molar-refractivity contribution in [2.45, 2.75) is 189 Å². The Morgan fingerprint density at radius 2 is 0.829 bits per heavy atom. The van der Waals surface area contributed by atoms with Gasteiger partial charge in [0.2, 0.25) is 0 Å². The van der Waals surface area contributed by atoms with E-state index in [-0.39, 0.29) is 6.29 Å².